The Kier molecular flexibility index (Phi) is 7.91. The highest BCUT2D eigenvalue weighted by Crippen LogP contribution is 2.42. The SMILES string of the molecule is CC(=O)O[C@H]1CCCC[C@]1(CCCO)CNC(=O)OCc1ccccc1. The third-order valence-electron chi connectivity index (χ3n) is 5.01. The van der Waals surface area contributed by atoms with Crippen molar-refractivity contribution in [1.29, 1.82) is 0 Å². The van der Waals surface area contributed by atoms with E-state index in [0.717, 1.165) is 31.2 Å². The molecule has 0 unspecified atom stereocenters. The summed E-state index contributed by atoms with van der Waals surface area (Å²) < 4.78 is 10.8. The molecule has 1 fully saturated rings. The molecular weight excluding hydrogens is 334 g/mol. The molecule has 2 rings (SSSR count). The van der Waals surface area contributed by atoms with Gasteiger partial charge >= 0.3 is 12.1 Å². The van der Waals surface area contributed by atoms with Crippen LogP contribution < -0.4 is 5.32 Å². The smallest absolute Gasteiger partial charge is 0.407 e. The summed E-state index contributed by atoms with van der Waals surface area (Å²) >= 11 is 0. The lowest BCUT2D eigenvalue weighted by Gasteiger charge is -2.43. The van der Waals surface area contributed by atoms with Gasteiger partial charge in [-0.15, -0.1) is 0 Å². The minimum absolute atomic E-state index is 0.0764. The Bertz CT molecular complexity index is 577. The normalized spacial score (nSPS) is 22.5. The Morgan fingerprint density at radius 1 is 1.27 bits per heavy atom. The average molecular weight is 363 g/mol. The zero-order valence-corrected chi connectivity index (χ0v) is 15.4. The summed E-state index contributed by atoms with van der Waals surface area (Å²) in [6, 6.07) is 9.49. The predicted molar refractivity (Wildman–Crippen MR) is 97.4 cm³/mol. The molecule has 1 aliphatic rings. The maximum Gasteiger partial charge on any atom is 0.407 e. The van der Waals surface area contributed by atoms with E-state index in [1.165, 1.54) is 6.92 Å². The van der Waals surface area contributed by atoms with E-state index >= 15 is 0 Å². The summed E-state index contributed by atoms with van der Waals surface area (Å²) in [5.74, 6) is -0.308. The molecule has 2 N–H and O–H groups in total. The van der Waals surface area contributed by atoms with Crippen LogP contribution in [0.4, 0.5) is 4.79 Å². The van der Waals surface area contributed by atoms with Crippen LogP contribution in [-0.4, -0.2) is 36.4 Å². The maximum atomic E-state index is 12.1. The van der Waals surface area contributed by atoms with Gasteiger partial charge in [0.25, 0.3) is 0 Å². The zero-order chi connectivity index (χ0) is 18.8. The summed E-state index contributed by atoms with van der Waals surface area (Å²) in [5.41, 5.74) is 0.575. The second-order valence-electron chi connectivity index (χ2n) is 6.95. The Balaban J connectivity index is 1.94. The minimum atomic E-state index is -0.482. The van der Waals surface area contributed by atoms with Gasteiger partial charge in [-0.2, -0.15) is 0 Å². The van der Waals surface area contributed by atoms with E-state index in [4.69, 9.17) is 9.47 Å². The molecule has 0 bridgehead atoms. The topological polar surface area (TPSA) is 84.9 Å². The van der Waals surface area contributed by atoms with E-state index in [9.17, 15) is 14.7 Å². The Labute approximate surface area is 154 Å². The number of ether oxygens (including phenoxy) is 2. The fourth-order valence-corrected chi connectivity index (χ4v) is 3.69. The fourth-order valence-electron chi connectivity index (χ4n) is 3.69. The van der Waals surface area contributed by atoms with Gasteiger partial charge in [-0.25, -0.2) is 4.79 Å². The molecule has 0 spiro atoms. The molecule has 144 valence electrons. The van der Waals surface area contributed by atoms with Crippen LogP contribution in [0.3, 0.4) is 0 Å². The highest BCUT2D eigenvalue weighted by Gasteiger charge is 2.42. The van der Waals surface area contributed by atoms with Gasteiger partial charge in [-0.3, -0.25) is 4.79 Å². The lowest BCUT2D eigenvalue weighted by molar-refractivity contribution is -0.157. The summed E-state index contributed by atoms with van der Waals surface area (Å²) in [5, 5.41) is 12.1. The van der Waals surface area contributed by atoms with Crippen LogP contribution in [0.2, 0.25) is 0 Å². The van der Waals surface area contributed by atoms with Crippen molar-refractivity contribution < 1.29 is 24.2 Å². The molecular formula is C20H29NO5. The molecule has 0 heterocycles. The van der Waals surface area contributed by atoms with Crippen molar-refractivity contribution in [3.63, 3.8) is 0 Å². The van der Waals surface area contributed by atoms with Gasteiger partial charge < -0.3 is 19.9 Å². The minimum Gasteiger partial charge on any atom is -0.462 e. The first-order valence-corrected chi connectivity index (χ1v) is 9.28. The number of aliphatic hydroxyl groups is 1. The van der Waals surface area contributed by atoms with Gasteiger partial charge in [-0.05, 0) is 37.7 Å². The van der Waals surface area contributed by atoms with E-state index < -0.39 is 6.09 Å². The predicted octanol–water partition coefficient (Wildman–Crippen LogP) is 3.18. The van der Waals surface area contributed by atoms with Crippen LogP contribution in [0.25, 0.3) is 0 Å². The summed E-state index contributed by atoms with van der Waals surface area (Å²) in [6.07, 6.45) is 4.23. The molecule has 1 aromatic carbocycles. The van der Waals surface area contributed by atoms with Crippen LogP contribution in [0.5, 0.6) is 0 Å². The summed E-state index contributed by atoms with van der Waals surface area (Å²) in [7, 11) is 0. The number of carbonyl (C=O) groups excluding carboxylic acids is 2. The lowest BCUT2D eigenvalue weighted by Crippen LogP contribution is -2.49. The van der Waals surface area contributed by atoms with Crippen molar-refractivity contribution in [2.24, 2.45) is 5.41 Å². The first kappa shape index (κ1) is 20.2. The Morgan fingerprint density at radius 3 is 2.73 bits per heavy atom. The number of hydrogen-bond acceptors (Lipinski definition) is 5. The van der Waals surface area contributed by atoms with Crippen LogP contribution in [0, 0.1) is 5.41 Å². The second kappa shape index (κ2) is 10.2. The Hall–Kier alpha value is -2.08. The van der Waals surface area contributed by atoms with Crippen LogP contribution in [0.1, 0.15) is 51.0 Å². The third-order valence-corrected chi connectivity index (χ3v) is 5.01. The first-order chi connectivity index (χ1) is 12.6. The largest absolute Gasteiger partial charge is 0.462 e. The van der Waals surface area contributed by atoms with Crippen LogP contribution in [0.15, 0.2) is 30.3 Å². The zero-order valence-electron chi connectivity index (χ0n) is 15.4. The van der Waals surface area contributed by atoms with E-state index in [1.54, 1.807) is 0 Å². The van der Waals surface area contributed by atoms with Crippen molar-refractivity contribution in [2.75, 3.05) is 13.2 Å². The van der Waals surface area contributed by atoms with Crippen LogP contribution >= 0.6 is 0 Å². The highest BCUT2D eigenvalue weighted by molar-refractivity contribution is 5.67. The number of hydrogen-bond donors (Lipinski definition) is 2. The molecule has 6 nitrogen and oxygen atoms in total. The maximum absolute atomic E-state index is 12.1. The van der Waals surface area contributed by atoms with E-state index in [1.807, 2.05) is 30.3 Å². The van der Waals surface area contributed by atoms with Crippen molar-refractivity contribution in [3.05, 3.63) is 35.9 Å². The number of benzene rings is 1. The highest BCUT2D eigenvalue weighted by atomic mass is 16.6. The van der Waals surface area contributed by atoms with Crippen molar-refractivity contribution >= 4 is 12.1 Å². The number of esters is 1. The standard InChI is InChI=1S/C20H29NO5/c1-16(23)26-18-10-5-6-11-20(18,12-7-13-22)15-21-19(24)25-14-17-8-3-2-4-9-17/h2-4,8-9,18,22H,5-7,10-15H2,1H3,(H,21,24)/t18-,20-/m0/s1. The molecule has 0 radical (unpaired) electrons. The van der Waals surface area contributed by atoms with Gasteiger partial charge in [0.05, 0.1) is 0 Å². The number of aliphatic hydroxyl groups excluding tert-OH is 1. The van der Waals surface area contributed by atoms with Crippen molar-refractivity contribution in [2.45, 2.75) is 58.2 Å². The average Bonchev–Trinajstić information content (AvgIpc) is 2.65. The molecule has 1 amide bonds. The number of rotatable bonds is 8. The Morgan fingerprint density at radius 2 is 2.04 bits per heavy atom. The van der Waals surface area contributed by atoms with Crippen LogP contribution in [-0.2, 0) is 20.9 Å². The number of alkyl carbamates (subject to hydrolysis) is 1. The third kappa shape index (κ3) is 6.02. The monoisotopic (exact) mass is 363 g/mol. The quantitative estimate of drug-likeness (QED) is 0.693. The number of nitrogens with one attached hydrogen (secondary N) is 1. The summed E-state index contributed by atoms with van der Waals surface area (Å²) in [6.45, 7) is 2.07. The van der Waals surface area contributed by atoms with E-state index in [-0.39, 0.29) is 30.7 Å². The molecule has 1 aromatic rings. The molecule has 1 saturated carbocycles. The lowest BCUT2D eigenvalue weighted by atomic mass is 9.68. The van der Waals surface area contributed by atoms with Gasteiger partial charge in [0.1, 0.15) is 12.7 Å². The molecule has 0 saturated heterocycles. The van der Waals surface area contributed by atoms with Gasteiger partial charge in [0.2, 0.25) is 0 Å². The molecule has 26 heavy (non-hydrogen) atoms. The van der Waals surface area contributed by atoms with Gasteiger partial charge in [0, 0.05) is 25.5 Å². The first-order valence-electron chi connectivity index (χ1n) is 9.28. The number of amides is 1. The van der Waals surface area contributed by atoms with Gasteiger partial charge in [0.15, 0.2) is 0 Å². The second-order valence-corrected chi connectivity index (χ2v) is 6.95. The van der Waals surface area contributed by atoms with Crippen molar-refractivity contribution in [3.8, 4) is 0 Å². The van der Waals surface area contributed by atoms with E-state index in [2.05, 4.69) is 5.32 Å². The summed E-state index contributed by atoms with van der Waals surface area (Å²) in [4.78, 5) is 23.6. The van der Waals surface area contributed by atoms with E-state index in [0.29, 0.717) is 19.4 Å². The number of carbonyl (C=O) groups is 2. The molecule has 0 aromatic heterocycles. The fraction of sp³-hybridized carbons (Fsp3) is 0.600. The van der Waals surface area contributed by atoms with Crippen molar-refractivity contribution in [1.82, 2.24) is 5.32 Å². The molecule has 1 aliphatic carbocycles. The molecule has 0 aliphatic heterocycles. The molecule has 2 atom stereocenters. The molecule has 6 heteroatoms. The van der Waals surface area contributed by atoms with Gasteiger partial charge in [-0.1, -0.05) is 36.8 Å².